The van der Waals surface area contributed by atoms with Crippen molar-refractivity contribution in [1.29, 1.82) is 0 Å². The van der Waals surface area contributed by atoms with Crippen molar-refractivity contribution in [2.75, 3.05) is 27.2 Å². The Labute approximate surface area is 113 Å². The second kappa shape index (κ2) is 9.15. The van der Waals surface area contributed by atoms with Crippen LogP contribution in [0.4, 0.5) is 0 Å². The van der Waals surface area contributed by atoms with E-state index in [1.54, 1.807) is 6.08 Å². The number of unbranched alkanes of at least 4 members (excludes halogenated alkanes) is 1. The first-order valence-electron chi connectivity index (χ1n) is 7.02. The summed E-state index contributed by atoms with van der Waals surface area (Å²) in [6.07, 6.45) is 8.26. The Morgan fingerprint density at radius 1 is 1.33 bits per heavy atom. The van der Waals surface area contributed by atoms with Crippen molar-refractivity contribution in [3.63, 3.8) is 0 Å². The van der Waals surface area contributed by atoms with Crippen LogP contribution in [-0.4, -0.2) is 38.0 Å². The third kappa shape index (κ3) is 8.29. The smallest absolute Gasteiger partial charge is 0.243 e. The largest absolute Gasteiger partial charge is 0.352 e. The minimum absolute atomic E-state index is 0.0213. The molecule has 0 aliphatic heterocycles. The molecular weight excluding hydrogens is 224 g/mol. The van der Waals surface area contributed by atoms with E-state index in [2.05, 4.69) is 26.1 Å². The average molecular weight is 254 g/mol. The van der Waals surface area contributed by atoms with Crippen LogP contribution in [0.1, 0.15) is 46.5 Å². The molecule has 1 amide bonds. The van der Waals surface area contributed by atoms with Crippen LogP contribution in [0.25, 0.3) is 0 Å². The van der Waals surface area contributed by atoms with Gasteiger partial charge in [0.1, 0.15) is 0 Å². The zero-order valence-electron chi connectivity index (χ0n) is 12.8. The van der Waals surface area contributed by atoms with Gasteiger partial charge in [-0.25, -0.2) is 0 Å². The highest BCUT2D eigenvalue weighted by atomic mass is 16.1. The summed E-state index contributed by atoms with van der Waals surface area (Å²) in [7, 11) is 3.97. The standard InChI is InChI=1S/C15H30N2O/c1-6-8-11-15(3,7-2)13-16-14(18)10-9-12-17(4)5/h9-10H,6-8,11-13H2,1-5H3,(H,16,18)/b10-9+. The Hall–Kier alpha value is -0.830. The summed E-state index contributed by atoms with van der Waals surface area (Å²) < 4.78 is 0. The summed E-state index contributed by atoms with van der Waals surface area (Å²) in [6.45, 7) is 8.23. The highest BCUT2D eigenvalue weighted by molar-refractivity contribution is 5.87. The van der Waals surface area contributed by atoms with Crippen LogP contribution in [-0.2, 0) is 4.79 Å². The molecule has 106 valence electrons. The molecule has 0 aromatic carbocycles. The molecule has 3 nitrogen and oxygen atoms in total. The molecule has 1 N–H and O–H groups in total. The fraction of sp³-hybridized carbons (Fsp3) is 0.800. The Bertz CT molecular complexity index is 261. The molecule has 0 aliphatic carbocycles. The van der Waals surface area contributed by atoms with Gasteiger partial charge in [0.05, 0.1) is 0 Å². The number of amides is 1. The third-order valence-corrected chi connectivity index (χ3v) is 3.42. The van der Waals surface area contributed by atoms with Crippen LogP contribution in [0.3, 0.4) is 0 Å². The fourth-order valence-electron chi connectivity index (χ4n) is 1.72. The van der Waals surface area contributed by atoms with Crippen molar-refractivity contribution in [3.8, 4) is 0 Å². The van der Waals surface area contributed by atoms with Crippen molar-refractivity contribution in [1.82, 2.24) is 10.2 Å². The average Bonchev–Trinajstić information content (AvgIpc) is 2.33. The Morgan fingerprint density at radius 2 is 2.00 bits per heavy atom. The van der Waals surface area contributed by atoms with E-state index < -0.39 is 0 Å². The van der Waals surface area contributed by atoms with E-state index in [1.165, 1.54) is 19.3 Å². The number of likely N-dealkylation sites (N-methyl/N-ethyl adjacent to an activating group) is 1. The van der Waals surface area contributed by atoms with Crippen LogP contribution in [0.5, 0.6) is 0 Å². The molecule has 0 saturated carbocycles. The molecule has 0 aliphatic rings. The van der Waals surface area contributed by atoms with E-state index in [1.807, 2.05) is 25.1 Å². The third-order valence-electron chi connectivity index (χ3n) is 3.42. The van der Waals surface area contributed by atoms with Gasteiger partial charge in [-0.1, -0.05) is 39.7 Å². The predicted molar refractivity (Wildman–Crippen MR) is 78.6 cm³/mol. The second-order valence-electron chi connectivity index (χ2n) is 5.65. The summed E-state index contributed by atoms with van der Waals surface area (Å²) >= 11 is 0. The maximum atomic E-state index is 11.6. The molecule has 1 atom stereocenters. The quantitative estimate of drug-likeness (QED) is 0.642. The van der Waals surface area contributed by atoms with Crippen LogP contribution in [0.2, 0.25) is 0 Å². The topological polar surface area (TPSA) is 32.3 Å². The van der Waals surface area contributed by atoms with Crippen molar-refractivity contribution < 1.29 is 4.79 Å². The fourth-order valence-corrected chi connectivity index (χ4v) is 1.72. The van der Waals surface area contributed by atoms with E-state index in [9.17, 15) is 4.79 Å². The van der Waals surface area contributed by atoms with Crippen molar-refractivity contribution in [2.45, 2.75) is 46.5 Å². The van der Waals surface area contributed by atoms with E-state index in [-0.39, 0.29) is 11.3 Å². The maximum Gasteiger partial charge on any atom is 0.243 e. The predicted octanol–water partition coefficient (Wildman–Crippen LogP) is 2.83. The molecule has 18 heavy (non-hydrogen) atoms. The number of nitrogens with one attached hydrogen (secondary N) is 1. The van der Waals surface area contributed by atoms with Gasteiger partial charge in [0.15, 0.2) is 0 Å². The van der Waals surface area contributed by atoms with Gasteiger partial charge in [0.25, 0.3) is 0 Å². The van der Waals surface area contributed by atoms with E-state index in [4.69, 9.17) is 0 Å². The first-order chi connectivity index (χ1) is 8.43. The lowest BCUT2D eigenvalue weighted by molar-refractivity contribution is -0.117. The van der Waals surface area contributed by atoms with E-state index in [0.717, 1.165) is 19.5 Å². The lowest BCUT2D eigenvalue weighted by Gasteiger charge is -2.28. The summed E-state index contributed by atoms with van der Waals surface area (Å²) in [6, 6.07) is 0. The first kappa shape index (κ1) is 17.2. The molecule has 0 heterocycles. The minimum atomic E-state index is 0.0213. The molecule has 0 spiro atoms. The van der Waals surface area contributed by atoms with Gasteiger partial charge in [-0.05, 0) is 32.4 Å². The number of rotatable bonds is 9. The molecular formula is C15H30N2O. The number of hydrogen-bond donors (Lipinski definition) is 1. The Morgan fingerprint density at radius 3 is 2.50 bits per heavy atom. The number of nitrogens with zero attached hydrogens (tertiary/aromatic N) is 1. The molecule has 1 unspecified atom stereocenters. The molecule has 0 radical (unpaired) electrons. The number of carbonyl (C=O) groups is 1. The van der Waals surface area contributed by atoms with Gasteiger partial charge < -0.3 is 10.2 Å². The van der Waals surface area contributed by atoms with Gasteiger partial charge >= 0.3 is 0 Å². The lowest BCUT2D eigenvalue weighted by Crippen LogP contribution is -2.34. The van der Waals surface area contributed by atoms with Crippen LogP contribution in [0.15, 0.2) is 12.2 Å². The van der Waals surface area contributed by atoms with Gasteiger partial charge in [-0.3, -0.25) is 4.79 Å². The zero-order valence-corrected chi connectivity index (χ0v) is 12.8. The summed E-state index contributed by atoms with van der Waals surface area (Å²) in [5.41, 5.74) is 0.237. The molecule has 0 saturated heterocycles. The van der Waals surface area contributed by atoms with Gasteiger partial charge in [0, 0.05) is 19.2 Å². The summed E-state index contributed by atoms with van der Waals surface area (Å²) in [4.78, 5) is 13.7. The second-order valence-corrected chi connectivity index (χ2v) is 5.65. The molecule has 0 rings (SSSR count). The van der Waals surface area contributed by atoms with Gasteiger partial charge in [-0.15, -0.1) is 0 Å². The first-order valence-corrected chi connectivity index (χ1v) is 7.02. The van der Waals surface area contributed by atoms with Gasteiger partial charge in [0.2, 0.25) is 5.91 Å². The molecule has 0 bridgehead atoms. The zero-order chi connectivity index (χ0) is 14.0. The minimum Gasteiger partial charge on any atom is -0.352 e. The Kier molecular flexibility index (Phi) is 8.73. The highest BCUT2D eigenvalue weighted by Gasteiger charge is 2.21. The summed E-state index contributed by atoms with van der Waals surface area (Å²) in [5.74, 6) is 0.0213. The van der Waals surface area contributed by atoms with E-state index in [0.29, 0.717) is 0 Å². The highest BCUT2D eigenvalue weighted by Crippen LogP contribution is 2.26. The van der Waals surface area contributed by atoms with E-state index >= 15 is 0 Å². The SMILES string of the molecule is CCCCC(C)(CC)CNC(=O)/C=C/CN(C)C. The van der Waals surface area contributed by atoms with Crippen LogP contribution < -0.4 is 5.32 Å². The molecule has 0 aromatic rings. The Balaban J connectivity index is 4.04. The van der Waals surface area contributed by atoms with Crippen LogP contribution in [0, 0.1) is 5.41 Å². The maximum absolute atomic E-state index is 11.6. The normalized spacial score (nSPS) is 15.0. The van der Waals surface area contributed by atoms with Crippen LogP contribution >= 0.6 is 0 Å². The summed E-state index contributed by atoms with van der Waals surface area (Å²) in [5, 5.41) is 3.01. The van der Waals surface area contributed by atoms with Crippen molar-refractivity contribution in [3.05, 3.63) is 12.2 Å². The lowest BCUT2D eigenvalue weighted by atomic mass is 9.82. The number of carbonyl (C=O) groups excluding carboxylic acids is 1. The monoisotopic (exact) mass is 254 g/mol. The molecule has 3 heteroatoms. The molecule has 0 fully saturated rings. The van der Waals surface area contributed by atoms with Crippen molar-refractivity contribution in [2.24, 2.45) is 5.41 Å². The van der Waals surface area contributed by atoms with Gasteiger partial charge in [-0.2, -0.15) is 0 Å². The molecule has 0 aromatic heterocycles. The number of hydrogen-bond acceptors (Lipinski definition) is 2. The van der Waals surface area contributed by atoms with Crippen molar-refractivity contribution >= 4 is 5.91 Å².